The second kappa shape index (κ2) is 11.6. The third kappa shape index (κ3) is 5.23. The molecule has 10 heteroatoms. The van der Waals surface area contributed by atoms with E-state index in [-0.39, 0.29) is 17.9 Å². The predicted octanol–water partition coefficient (Wildman–Crippen LogP) is 3.07. The highest BCUT2D eigenvalue weighted by atomic mass is 16.5. The van der Waals surface area contributed by atoms with E-state index < -0.39 is 0 Å². The van der Waals surface area contributed by atoms with Gasteiger partial charge in [0.25, 0.3) is 5.91 Å². The van der Waals surface area contributed by atoms with Gasteiger partial charge >= 0.3 is 0 Å². The smallest absolute Gasteiger partial charge is 0.251 e. The number of likely N-dealkylation sites (N-methyl/N-ethyl adjacent to an activating group) is 1. The van der Waals surface area contributed by atoms with E-state index in [2.05, 4.69) is 25.8 Å². The van der Waals surface area contributed by atoms with E-state index in [4.69, 9.17) is 9.72 Å². The number of anilines is 4. The SMILES string of the molecule is CC[C@@H]1C(=O)N(C)c2cnc(Nc3ccc(C(=O)NCCCNC)cc3OC)nc2N1C1CCCC1. The number of methoxy groups -OCH3 is 1. The van der Waals surface area contributed by atoms with Gasteiger partial charge in [0.05, 0.1) is 19.0 Å². The zero-order chi connectivity index (χ0) is 25.7. The Morgan fingerprint density at radius 2 is 2.00 bits per heavy atom. The number of ether oxygens (including phenoxy) is 1. The molecule has 1 aromatic heterocycles. The molecule has 2 aromatic rings. The van der Waals surface area contributed by atoms with Crippen LogP contribution in [0.25, 0.3) is 0 Å². The molecular formula is C26H37N7O3. The van der Waals surface area contributed by atoms with Crippen molar-refractivity contribution < 1.29 is 14.3 Å². The third-order valence-corrected chi connectivity index (χ3v) is 7.01. The monoisotopic (exact) mass is 495 g/mol. The Balaban J connectivity index is 1.58. The van der Waals surface area contributed by atoms with Crippen molar-refractivity contribution >= 4 is 35.0 Å². The van der Waals surface area contributed by atoms with Crippen LogP contribution in [0.3, 0.4) is 0 Å². The highest BCUT2D eigenvalue weighted by Gasteiger charge is 2.41. The average Bonchev–Trinajstić information content (AvgIpc) is 3.43. The largest absolute Gasteiger partial charge is 0.495 e. The molecule has 0 unspecified atom stereocenters. The van der Waals surface area contributed by atoms with Crippen molar-refractivity contribution in [3.63, 3.8) is 0 Å². The number of amides is 2. The number of carbonyl (C=O) groups is 2. The van der Waals surface area contributed by atoms with E-state index in [1.165, 1.54) is 12.8 Å². The first-order valence-corrected chi connectivity index (χ1v) is 12.8. The first-order chi connectivity index (χ1) is 17.5. The molecule has 1 fully saturated rings. The predicted molar refractivity (Wildman–Crippen MR) is 141 cm³/mol. The Kier molecular flexibility index (Phi) is 8.25. The Bertz CT molecular complexity index is 1090. The van der Waals surface area contributed by atoms with Crippen molar-refractivity contribution in [3.8, 4) is 5.75 Å². The minimum Gasteiger partial charge on any atom is -0.495 e. The minimum atomic E-state index is -0.228. The molecule has 0 bridgehead atoms. The van der Waals surface area contributed by atoms with Gasteiger partial charge in [-0.25, -0.2) is 4.98 Å². The second-order valence-corrected chi connectivity index (χ2v) is 9.32. The van der Waals surface area contributed by atoms with Crippen molar-refractivity contribution in [2.75, 3.05) is 49.4 Å². The van der Waals surface area contributed by atoms with Crippen molar-refractivity contribution in [3.05, 3.63) is 30.0 Å². The Hall–Kier alpha value is -3.40. The molecule has 2 aliphatic rings. The summed E-state index contributed by atoms with van der Waals surface area (Å²) in [4.78, 5) is 38.9. The Labute approximate surface area is 212 Å². The van der Waals surface area contributed by atoms with Crippen LogP contribution in [0.5, 0.6) is 5.75 Å². The number of carbonyl (C=O) groups excluding carboxylic acids is 2. The number of hydrogen-bond donors (Lipinski definition) is 3. The molecule has 0 saturated heterocycles. The van der Waals surface area contributed by atoms with Gasteiger partial charge in [0.1, 0.15) is 17.5 Å². The van der Waals surface area contributed by atoms with Crippen LogP contribution in [-0.4, -0.2) is 68.2 Å². The minimum absolute atomic E-state index is 0.0858. The van der Waals surface area contributed by atoms with Gasteiger partial charge in [-0.3, -0.25) is 9.59 Å². The lowest BCUT2D eigenvalue weighted by Gasteiger charge is -2.43. The van der Waals surface area contributed by atoms with Crippen LogP contribution in [0.2, 0.25) is 0 Å². The number of hydrogen-bond acceptors (Lipinski definition) is 8. The van der Waals surface area contributed by atoms with Crippen molar-refractivity contribution in [2.24, 2.45) is 0 Å². The van der Waals surface area contributed by atoms with E-state index in [1.54, 1.807) is 43.5 Å². The van der Waals surface area contributed by atoms with Crippen molar-refractivity contribution in [1.29, 1.82) is 0 Å². The molecule has 4 rings (SSSR count). The molecule has 1 aliphatic carbocycles. The van der Waals surface area contributed by atoms with Gasteiger partial charge in [0.15, 0.2) is 5.82 Å². The van der Waals surface area contributed by atoms with E-state index in [1.807, 2.05) is 14.0 Å². The number of rotatable bonds is 10. The van der Waals surface area contributed by atoms with E-state index in [9.17, 15) is 9.59 Å². The summed E-state index contributed by atoms with van der Waals surface area (Å²) in [6.07, 6.45) is 7.73. The molecule has 1 aromatic carbocycles. The Morgan fingerprint density at radius 1 is 1.22 bits per heavy atom. The van der Waals surface area contributed by atoms with Crippen LogP contribution in [-0.2, 0) is 4.79 Å². The van der Waals surface area contributed by atoms with Gasteiger partial charge in [0.2, 0.25) is 11.9 Å². The molecule has 1 atom stereocenters. The standard InChI is InChI=1S/C26H37N7O3/c1-5-20-25(35)32(3)21-16-29-26(31-23(21)33(20)18-9-6-7-10-18)30-19-12-11-17(15-22(19)36-4)24(34)28-14-8-13-27-2/h11-12,15-16,18,20,27H,5-10,13-14H2,1-4H3,(H,28,34)(H,29,30,31)/t20-/m1/s1. The zero-order valence-electron chi connectivity index (χ0n) is 21.6. The molecule has 36 heavy (non-hydrogen) atoms. The summed E-state index contributed by atoms with van der Waals surface area (Å²) in [7, 11) is 5.24. The van der Waals surface area contributed by atoms with Crippen LogP contribution >= 0.6 is 0 Å². The van der Waals surface area contributed by atoms with Gasteiger partial charge in [0, 0.05) is 25.2 Å². The average molecular weight is 496 g/mol. The van der Waals surface area contributed by atoms with Crippen LogP contribution in [0, 0.1) is 0 Å². The first kappa shape index (κ1) is 25.7. The molecule has 0 radical (unpaired) electrons. The maximum absolute atomic E-state index is 13.1. The first-order valence-electron chi connectivity index (χ1n) is 12.8. The fourth-order valence-electron chi connectivity index (χ4n) is 5.07. The summed E-state index contributed by atoms with van der Waals surface area (Å²) < 4.78 is 5.56. The summed E-state index contributed by atoms with van der Waals surface area (Å²) in [5.74, 6) is 1.65. The topological polar surface area (TPSA) is 112 Å². The van der Waals surface area contributed by atoms with Crippen LogP contribution < -0.4 is 30.5 Å². The van der Waals surface area contributed by atoms with E-state index >= 15 is 0 Å². The van der Waals surface area contributed by atoms with Crippen molar-refractivity contribution in [2.45, 2.75) is 57.5 Å². The van der Waals surface area contributed by atoms with E-state index in [0.29, 0.717) is 35.5 Å². The maximum Gasteiger partial charge on any atom is 0.251 e. The molecule has 194 valence electrons. The van der Waals surface area contributed by atoms with Gasteiger partial charge in [-0.05, 0) is 57.5 Å². The van der Waals surface area contributed by atoms with Gasteiger partial charge < -0.3 is 30.5 Å². The number of benzene rings is 1. The normalized spacial score (nSPS) is 17.8. The quantitative estimate of drug-likeness (QED) is 0.431. The van der Waals surface area contributed by atoms with E-state index in [0.717, 1.165) is 43.7 Å². The van der Waals surface area contributed by atoms with Crippen molar-refractivity contribution in [1.82, 2.24) is 20.6 Å². The highest BCUT2D eigenvalue weighted by Crippen LogP contribution is 2.40. The number of aromatic nitrogens is 2. The lowest BCUT2D eigenvalue weighted by molar-refractivity contribution is -0.120. The maximum atomic E-state index is 13.1. The summed E-state index contributed by atoms with van der Waals surface area (Å²) in [6.45, 7) is 3.49. The second-order valence-electron chi connectivity index (χ2n) is 9.32. The zero-order valence-corrected chi connectivity index (χ0v) is 21.6. The molecule has 1 aliphatic heterocycles. The number of nitrogens with one attached hydrogen (secondary N) is 3. The lowest BCUT2D eigenvalue weighted by Crippen LogP contribution is -2.55. The van der Waals surface area contributed by atoms with Crippen LogP contribution in [0.15, 0.2) is 24.4 Å². The molecule has 3 N–H and O–H groups in total. The molecule has 1 saturated carbocycles. The van der Waals surface area contributed by atoms with Gasteiger partial charge in [-0.15, -0.1) is 0 Å². The molecular weight excluding hydrogens is 458 g/mol. The summed E-state index contributed by atoms with van der Waals surface area (Å²) in [5.41, 5.74) is 1.90. The van der Waals surface area contributed by atoms with Crippen LogP contribution in [0.4, 0.5) is 23.1 Å². The molecule has 0 spiro atoms. The van der Waals surface area contributed by atoms with Crippen LogP contribution in [0.1, 0.15) is 55.8 Å². The third-order valence-electron chi connectivity index (χ3n) is 7.01. The molecule has 2 heterocycles. The number of nitrogens with zero attached hydrogens (tertiary/aromatic N) is 4. The number of fused-ring (bicyclic) bond motifs is 1. The summed E-state index contributed by atoms with van der Waals surface area (Å²) in [6, 6.07) is 5.33. The summed E-state index contributed by atoms with van der Waals surface area (Å²) >= 11 is 0. The highest BCUT2D eigenvalue weighted by molar-refractivity contribution is 6.04. The van der Waals surface area contributed by atoms with Gasteiger partial charge in [-0.2, -0.15) is 4.98 Å². The lowest BCUT2D eigenvalue weighted by atomic mass is 10.0. The molecule has 10 nitrogen and oxygen atoms in total. The fraction of sp³-hybridized carbons (Fsp3) is 0.538. The summed E-state index contributed by atoms with van der Waals surface area (Å²) in [5, 5.41) is 9.24. The molecule has 2 amide bonds. The Morgan fingerprint density at radius 3 is 2.69 bits per heavy atom. The fourth-order valence-corrected chi connectivity index (χ4v) is 5.07. The van der Waals surface area contributed by atoms with Gasteiger partial charge in [-0.1, -0.05) is 19.8 Å².